The molecule has 0 aromatic heterocycles. The van der Waals surface area contributed by atoms with E-state index in [1.807, 2.05) is 13.8 Å². The number of carbonyl (C=O) groups excluding carboxylic acids is 1. The predicted octanol–water partition coefficient (Wildman–Crippen LogP) is 3.96. The quantitative estimate of drug-likeness (QED) is 0.629. The first-order chi connectivity index (χ1) is 8.10. The van der Waals surface area contributed by atoms with E-state index >= 15 is 0 Å². The Bertz CT molecular complexity index is 197. The van der Waals surface area contributed by atoms with Crippen LogP contribution in [0.25, 0.3) is 0 Å². The van der Waals surface area contributed by atoms with Crippen molar-refractivity contribution in [3.63, 3.8) is 0 Å². The molecule has 0 aliphatic rings. The van der Waals surface area contributed by atoms with Gasteiger partial charge in [-0.2, -0.15) is 0 Å². The summed E-state index contributed by atoms with van der Waals surface area (Å²) >= 11 is 0. The van der Waals surface area contributed by atoms with Crippen LogP contribution in [0.2, 0.25) is 0 Å². The third-order valence-corrected chi connectivity index (χ3v) is 3.86. The molecule has 0 radical (unpaired) electrons. The van der Waals surface area contributed by atoms with Gasteiger partial charge in [0, 0.05) is 6.42 Å². The molecule has 102 valence electrons. The van der Waals surface area contributed by atoms with Crippen LogP contribution < -0.4 is 0 Å². The van der Waals surface area contributed by atoms with Crippen LogP contribution in [-0.4, -0.2) is 17.0 Å². The molecule has 0 saturated heterocycles. The molecule has 0 aromatic rings. The van der Waals surface area contributed by atoms with Gasteiger partial charge in [-0.1, -0.05) is 66.2 Å². The van der Waals surface area contributed by atoms with Gasteiger partial charge in [0.05, 0.1) is 0 Å². The van der Waals surface area contributed by atoms with Gasteiger partial charge in [0.1, 0.15) is 6.10 Å². The Morgan fingerprint density at radius 3 is 2.06 bits per heavy atom. The maximum atomic E-state index is 12.0. The molecule has 2 atom stereocenters. The van der Waals surface area contributed by atoms with Gasteiger partial charge in [-0.25, -0.2) is 0 Å². The SMILES string of the molecule is CCCCC(CC)CC(=O)C(O)C(CC)CC. The van der Waals surface area contributed by atoms with Crippen molar-refractivity contribution >= 4 is 5.78 Å². The highest BCUT2D eigenvalue weighted by molar-refractivity contribution is 5.83. The molecule has 17 heavy (non-hydrogen) atoms. The zero-order chi connectivity index (χ0) is 13.3. The molecule has 0 aromatic carbocycles. The largest absolute Gasteiger partial charge is 0.385 e. The molecule has 2 nitrogen and oxygen atoms in total. The van der Waals surface area contributed by atoms with Crippen LogP contribution in [0.3, 0.4) is 0 Å². The van der Waals surface area contributed by atoms with Crippen LogP contribution in [0, 0.1) is 11.8 Å². The second kappa shape index (κ2) is 9.64. The molecule has 0 fully saturated rings. The fourth-order valence-corrected chi connectivity index (χ4v) is 2.35. The molecule has 0 aliphatic carbocycles. The summed E-state index contributed by atoms with van der Waals surface area (Å²) in [5.74, 6) is 0.666. The standard InChI is InChI=1S/C15H30O2/c1-5-9-10-12(6-2)11-14(16)15(17)13(7-3)8-4/h12-13,15,17H,5-11H2,1-4H3. The second-order valence-corrected chi connectivity index (χ2v) is 5.11. The second-order valence-electron chi connectivity index (χ2n) is 5.11. The third-order valence-electron chi connectivity index (χ3n) is 3.86. The topological polar surface area (TPSA) is 37.3 Å². The first-order valence-electron chi connectivity index (χ1n) is 7.31. The van der Waals surface area contributed by atoms with Gasteiger partial charge in [0.25, 0.3) is 0 Å². The average Bonchev–Trinajstić information content (AvgIpc) is 2.35. The van der Waals surface area contributed by atoms with E-state index in [1.165, 1.54) is 12.8 Å². The molecule has 0 spiro atoms. The summed E-state index contributed by atoms with van der Waals surface area (Å²) in [4.78, 5) is 12.0. The van der Waals surface area contributed by atoms with E-state index < -0.39 is 6.10 Å². The zero-order valence-corrected chi connectivity index (χ0v) is 12.0. The monoisotopic (exact) mass is 242 g/mol. The Kier molecular flexibility index (Phi) is 9.43. The number of carbonyl (C=O) groups is 1. The molecule has 0 amide bonds. The summed E-state index contributed by atoms with van der Waals surface area (Å²) in [5.41, 5.74) is 0. The van der Waals surface area contributed by atoms with Crippen LogP contribution in [0.4, 0.5) is 0 Å². The zero-order valence-electron chi connectivity index (χ0n) is 12.0. The van der Waals surface area contributed by atoms with Crippen molar-refractivity contribution in [2.75, 3.05) is 0 Å². The Balaban J connectivity index is 4.19. The van der Waals surface area contributed by atoms with Crippen LogP contribution in [0.1, 0.15) is 72.6 Å². The molecular formula is C15H30O2. The molecule has 0 rings (SSSR count). The summed E-state index contributed by atoms with van der Waals surface area (Å²) in [7, 11) is 0. The van der Waals surface area contributed by atoms with Crippen molar-refractivity contribution in [3.05, 3.63) is 0 Å². The maximum Gasteiger partial charge on any atom is 0.161 e. The molecular weight excluding hydrogens is 212 g/mol. The van der Waals surface area contributed by atoms with Crippen LogP contribution in [0.5, 0.6) is 0 Å². The predicted molar refractivity (Wildman–Crippen MR) is 73.0 cm³/mol. The van der Waals surface area contributed by atoms with E-state index in [4.69, 9.17) is 0 Å². The number of hydrogen-bond donors (Lipinski definition) is 1. The highest BCUT2D eigenvalue weighted by atomic mass is 16.3. The van der Waals surface area contributed by atoms with Crippen LogP contribution in [-0.2, 0) is 4.79 Å². The average molecular weight is 242 g/mol. The summed E-state index contributed by atoms with van der Waals surface area (Å²) in [6.07, 6.45) is 6.13. The number of rotatable bonds is 10. The first-order valence-corrected chi connectivity index (χ1v) is 7.31. The van der Waals surface area contributed by atoms with E-state index in [1.54, 1.807) is 0 Å². The van der Waals surface area contributed by atoms with Gasteiger partial charge in [0.15, 0.2) is 5.78 Å². The fraction of sp³-hybridized carbons (Fsp3) is 0.933. The van der Waals surface area contributed by atoms with E-state index in [0.717, 1.165) is 25.7 Å². The lowest BCUT2D eigenvalue weighted by atomic mass is 9.87. The van der Waals surface area contributed by atoms with Gasteiger partial charge in [0.2, 0.25) is 0 Å². The van der Waals surface area contributed by atoms with E-state index in [9.17, 15) is 9.90 Å². The molecule has 1 N–H and O–H groups in total. The lowest BCUT2D eigenvalue weighted by Gasteiger charge is -2.21. The van der Waals surface area contributed by atoms with Gasteiger partial charge in [-0.3, -0.25) is 4.79 Å². The van der Waals surface area contributed by atoms with Gasteiger partial charge in [-0.15, -0.1) is 0 Å². The van der Waals surface area contributed by atoms with E-state index in [2.05, 4.69) is 13.8 Å². The molecule has 2 unspecified atom stereocenters. The number of aliphatic hydroxyl groups excluding tert-OH is 1. The highest BCUT2D eigenvalue weighted by Gasteiger charge is 2.24. The van der Waals surface area contributed by atoms with Crippen molar-refractivity contribution in [3.8, 4) is 0 Å². The Hall–Kier alpha value is -0.370. The van der Waals surface area contributed by atoms with Crippen LogP contribution >= 0.6 is 0 Å². The summed E-state index contributed by atoms with van der Waals surface area (Å²) in [6.45, 7) is 8.39. The van der Waals surface area contributed by atoms with Crippen molar-refractivity contribution < 1.29 is 9.90 Å². The summed E-state index contributed by atoms with van der Waals surface area (Å²) < 4.78 is 0. The maximum absolute atomic E-state index is 12.0. The third kappa shape index (κ3) is 6.21. The molecule has 2 heteroatoms. The highest BCUT2D eigenvalue weighted by Crippen LogP contribution is 2.21. The van der Waals surface area contributed by atoms with Gasteiger partial charge >= 0.3 is 0 Å². The number of aliphatic hydroxyl groups is 1. The Morgan fingerprint density at radius 2 is 1.65 bits per heavy atom. The van der Waals surface area contributed by atoms with Gasteiger partial charge < -0.3 is 5.11 Å². The number of unbranched alkanes of at least 4 members (excludes halogenated alkanes) is 1. The summed E-state index contributed by atoms with van der Waals surface area (Å²) in [5, 5.41) is 10.00. The lowest BCUT2D eigenvalue weighted by molar-refractivity contribution is -0.131. The van der Waals surface area contributed by atoms with E-state index in [0.29, 0.717) is 12.3 Å². The minimum Gasteiger partial charge on any atom is -0.385 e. The lowest BCUT2D eigenvalue weighted by Crippen LogP contribution is -2.30. The first kappa shape index (κ1) is 16.6. The normalized spacial score (nSPS) is 14.9. The molecule has 0 aliphatic heterocycles. The Labute approximate surface area is 107 Å². The number of ketones is 1. The minimum absolute atomic E-state index is 0.0571. The minimum atomic E-state index is -0.735. The van der Waals surface area contributed by atoms with E-state index in [-0.39, 0.29) is 11.7 Å². The summed E-state index contributed by atoms with van der Waals surface area (Å²) in [6, 6.07) is 0. The fourth-order valence-electron chi connectivity index (χ4n) is 2.35. The van der Waals surface area contributed by atoms with Crippen molar-refractivity contribution in [2.24, 2.45) is 11.8 Å². The smallest absolute Gasteiger partial charge is 0.161 e. The van der Waals surface area contributed by atoms with Gasteiger partial charge in [-0.05, 0) is 11.8 Å². The number of hydrogen-bond acceptors (Lipinski definition) is 2. The van der Waals surface area contributed by atoms with Crippen LogP contribution in [0.15, 0.2) is 0 Å². The van der Waals surface area contributed by atoms with Crippen molar-refractivity contribution in [2.45, 2.75) is 78.7 Å². The number of Topliss-reactive ketones (excluding diaryl/α,β-unsaturated/α-hetero) is 1. The molecule has 0 saturated carbocycles. The molecule has 0 bridgehead atoms. The Morgan fingerprint density at radius 1 is 1.06 bits per heavy atom. The van der Waals surface area contributed by atoms with Crippen molar-refractivity contribution in [1.29, 1.82) is 0 Å². The van der Waals surface area contributed by atoms with Crippen molar-refractivity contribution in [1.82, 2.24) is 0 Å². The molecule has 0 heterocycles.